The van der Waals surface area contributed by atoms with Crippen LogP contribution in [0.3, 0.4) is 0 Å². The van der Waals surface area contributed by atoms with Crippen molar-refractivity contribution in [1.29, 1.82) is 0 Å². The molecule has 0 bridgehead atoms. The van der Waals surface area contributed by atoms with Gasteiger partial charge in [0, 0.05) is 17.1 Å². The molecule has 0 amide bonds. The predicted molar refractivity (Wildman–Crippen MR) is 97.9 cm³/mol. The lowest BCUT2D eigenvalue weighted by molar-refractivity contribution is 0.0474. The number of rotatable bonds is 8. The molecule has 0 aromatic heterocycles. The molecule has 26 heavy (non-hydrogen) atoms. The van der Waals surface area contributed by atoms with Crippen LogP contribution < -0.4 is 4.72 Å². The van der Waals surface area contributed by atoms with Crippen molar-refractivity contribution in [1.82, 2.24) is 4.72 Å². The van der Waals surface area contributed by atoms with Gasteiger partial charge in [0.1, 0.15) is 0 Å². The van der Waals surface area contributed by atoms with E-state index in [0.717, 1.165) is 0 Å². The molecular formula is C18H16ClNO5S. The Morgan fingerprint density at radius 1 is 1.04 bits per heavy atom. The lowest BCUT2D eigenvalue weighted by atomic mass is 10.1. The number of hydrogen-bond donors (Lipinski definition) is 1. The first-order valence-electron chi connectivity index (χ1n) is 7.50. The van der Waals surface area contributed by atoms with Crippen LogP contribution in [0.2, 0.25) is 5.02 Å². The van der Waals surface area contributed by atoms with Gasteiger partial charge in [-0.25, -0.2) is 17.9 Å². The molecule has 1 N–H and O–H groups in total. The van der Waals surface area contributed by atoms with E-state index in [1.807, 2.05) is 0 Å². The van der Waals surface area contributed by atoms with E-state index < -0.39 is 22.6 Å². The summed E-state index contributed by atoms with van der Waals surface area (Å²) < 4.78 is 31.2. The molecule has 2 aromatic rings. The molecular weight excluding hydrogens is 378 g/mol. The molecule has 0 aliphatic rings. The molecule has 2 rings (SSSR count). The molecule has 0 atom stereocenters. The highest BCUT2D eigenvalue weighted by molar-refractivity contribution is 7.89. The Morgan fingerprint density at radius 2 is 1.62 bits per heavy atom. The quantitative estimate of drug-likeness (QED) is 0.423. The van der Waals surface area contributed by atoms with E-state index in [1.54, 1.807) is 12.1 Å². The molecule has 0 saturated carbocycles. The summed E-state index contributed by atoms with van der Waals surface area (Å²) in [5, 5.41) is 0.496. The normalized spacial score (nSPS) is 11.0. The number of nitrogens with one attached hydrogen (secondary N) is 1. The van der Waals surface area contributed by atoms with Gasteiger partial charge < -0.3 is 4.74 Å². The monoisotopic (exact) mass is 393 g/mol. The van der Waals surface area contributed by atoms with Crippen molar-refractivity contribution in [2.75, 3.05) is 13.2 Å². The Balaban J connectivity index is 1.98. The lowest BCUT2D eigenvalue weighted by Crippen LogP contribution is -2.23. The van der Waals surface area contributed by atoms with Crippen LogP contribution in [0, 0.1) is 0 Å². The van der Waals surface area contributed by atoms with Crippen LogP contribution in [0.25, 0.3) is 0 Å². The SMILES string of the molecule is C=CCNS(=O)(=O)c1ccc(C(=O)OCC(=O)c2ccc(Cl)cc2)cc1. The van der Waals surface area contributed by atoms with Crippen molar-refractivity contribution in [3.63, 3.8) is 0 Å². The maximum absolute atomic E-state index is 12.0. The zero-order chi connectivity index (χ0) is 19.2. The minimum absolute atomic E-state index is 0.00754. The number of carbonyl (C=O) groups is 2. The summed E-state index contributed by atoms with van der Waals surface area (Å²) in [6.45, 7) is 3.10. The molecule has 0 aliphatic carbocycles. The third-order valence-electron chi connectivity index (χ3n) is 3.32. The second kappa shape index (κ2) is 8.75. The summed E-state index contributed by atoms with van der Waals surface area (Å²) in [5.41, 5.74) is 0.508. The Kier molecular flexibility index (Phi) is 6.68. The van der Waals surface area contributed by atoms with Gasteiger partial charge in [0.05, 0.1) is 10.5 Å². The number of sulfonamides is 1. The number of ether oxygens (including phenoxy) is 1. The highest BCUT2D eigenvalue weighted by atomic mass is 35.5. The summed E-state index contributed by atoms with van der Waals surface area (Å²) in [4.78, 5) is 24.0. The van der Waals surface area contributed by atoms with Crippen LogP contribution in [0.1, 0.15) is 20.7 Å². The van der Waals surface area contributed by atoms with E-state index in [9.17, 15) is 18.0 Å². The van der Waals surface area contributed by atoms with E-state index in [4.69, 9.17) is 16.3 Å². The average molecular weight is 394 g/mol. The van der Waals surface area contributed by atoms with Crippen LogP contribution in [0.5, 0.6) is 0 Å². The molecule has 6 nitrogen and oxygen atoms in total. The minimum atomic E-state index is -3.67. The fourth-order valence-electron chi connectivity index (χ4n) is 1.96. The highest BCUT2D eigenvalue weighted by Crippen LogP contribution is 2.13. The molecule has 0 fully saturated rings. The van der Waals surface area contributed by atoms with Crippen molar-refractivity contribution >= 4 is 33.4 Å². The second-order valence-corrected chi connectivity index (χ2v) is 7.37. The number of esters is 1. The maximum Gasteiger partial charge on any atom is 0.338 e. The average Bonchev–Trinajstić information content (AvgIpc) is 2.65. The Labute approximate surface area is 156 Å². The van der Waals surface area contributed by atoms with Gasteiger partial charge in [0.15, 0.2) is 12.4 Å². The highest BCUT2D eigenvalue weighted by Gasteiger charge is 2.15. The summed E-state index contributed by atoms with van der Waals surface area (Å²) in [7, 11) is -3.67. The number of hydrogen-bond acceptors (Lipinski definition) is 5. The van der Waals surface area contributed by atoms with Gasteiger partial charge in [-0.2, -0.15) is 0 Å². The second-order valence-electron chi connectivity index (χ2n) is 5.17. The first kappa shape index (κ1) is 19.8. The van der Waals surface area contributed by atoms with Gasteiger partial charge in [-0.3, -0.25) is 4.79 Å². The van der Waals surface area contributed by atoms with E-state index in [1.165, 1.54) is 42.5 Å². The fourth-order valence-corrected chi connectivity index (χ4v) is 3.08. The van der Waals surface area contributed by atoms with Gasteiger partial charge in [-0.15, -0.1) is 6.58 Å². The van der Waals surface area contributed by atoms with Crippen LogP contribution in [-0.4, -0.2) is 33.3 Å². The van der Waals surface area contributed by atoms with E-state index in [-0.39, 0.29) is 22.8 Å². The first-order valence-corrected chi connectivity index (χ1v) is 9.36. The predicted octanol–water partition coefficient (Wildman–Crippen LogP) is 2.84. The smallest absolute Gasteiger partial charge is 0.338 e. The van der Waals surface area contributed by atoms with Crippen molar-refractivity contribution < 1.29 is 22.7 Å². The van der Waals surface area contributed by atoms with E-state index in [2.05, 4.69) is 11.3 Å². The van der Waals surface area contributed by atoms with Crippen LogP contribution >= 0.6 is 11.6 Å². The number of halogens is 1. The van der Waals surface area contributed by atoms with Crippen molar-refractivity contribution in [2.24, 2.45) is 0 Å². The molecule has 0 heterocycles. The third-order valence-corrected chi connectivity index (χ3v) is 5.01. The lowest BCUT2D eigenvalue weighted by Gasteiger charge is -2.07. The summed E-state index contributed by atoms with van der Waals surface area (Å²) in [6, 6.07) is 11.4. The summed E-state index contributed by atoms with van der Waals surface area (Å²) in [6.07, 6.45) is 1.42. The van der Waals surface area contributed by atoms with Gasteiger partial charge in [-0.1, -0.05) is 17.7 Å². The van der Waals surface area contributed by atoms with Crippen LogP contribution in [-0.2, 0) is 14.8 Å². The van der Waals surface area contributed by atoms with Crippen molar-refractivity contribution in [3.8, 4) is 0 Å². The summed E-state index contributed by atoms with van der Waals surface area (Å²) >= 11 is 5.75. The van der Waals surface area contributed by atoms with Crippen LogP contribution in [0.15, 0.2) is 66.1 Å². The molecule has 2 aromatic carbocycles. The van der Waals surface area contributed by atoms with Gasteiger partial charge in [0.25, 0.3) is 0 Å². The van der Waals surface area contributed by atoms with E-state index >= 15 is 0 Å². The molecule has 0 aliphatic heterocycles. The molecule has 136 valence electrons. The van der Waals surface area contributed by atoms with Gasteiger partial charge >= 0.3 is 5.97 Å². The first-order chi connectivity index (χ1) is 12.3. The zero-order valence-corrected chi connectivity index (χ0v) is 15.2. The summed E-state index contributed by atoms with van der Waals surface area (Å²) in [5.74, 6) is -1.10. The Morgan fingerprint density at radius 3 is 2.19 bits per heavy atom. The Hall–Kier alpha value is -2.48. The molecule has 8 heteroatoms. The topological polar surface area (TPSA) is 89.5 Å². The largest absolute Gasteiger partial charge is 0.454 e. The Bertz CT molecular complexity index is 906. The molecule has 0 radical (unpaired) electrons. The number of benzene rings is 2. The minimum Gasteiger partial charge on any atom is -0.454 e. The van der Waals surface area contributed by atoms with Gasteiger partial charge in [-0.05, 0) is 48.5 Å². The van der Waals surface area contributed by atoms with Crippen molar-refractivity contribution in [3.05, 3.63) is 77.3 Å². The van der Waals surface area contributed by atoms with Gasteiger partial charge in [0.2, 0.25) is 10.0 Å². The molecule has 0 saturated heterocycles. The fraction of sp³-hybridized carbons (Fsp3) is 0.111. The molecule has 0 spiro atoms. The third kappa shape index (κ3) is 5.26. The standard InChI is InChI=1S/C18H16ClNO5S/c1-2-11-20-26(23,24)16-9-5-14(6-10-16)18(22)25-12-17(21)13-3-7-15(19)8-4-13/h2-10,20H,1,11-12H2. The van der Waals surface area contributed by atoms with Crippen LogP contribution in [0.4, 0.5) is 0 Å². The van der Waals surface area contributed by atoms with E-state index in [0.29, 0.717) is 10.6 Å². The maximum atomic E-state index is 12.0. The number of carbonyl (C=O) groups excluding carboxylic acids is 2. The number of ketones is 1. The van der Waals surface area contributed by atoms with Crippen molar-refractivity contribution in [2.45, 2.75) is 4.90 Å². The number of Topliss-reactive ketones (excluding diaryl/α,β-unsaturated/α-hetero) is 1. The zero-order valence-electron chi connectivity index (χ0n) is 13.6. The molecule has 0 unspecified atom stereocenters.